The first-order valence-electron chi connectivity index (χ1n) is 7.36. The summed E-state index contributed by atoms with van der Waals surface area (Å²) in [6, 6.07) is 5.55. The van der Waals surface area contributed by atoms with Crippen molar-refractivity contribution in [3.63, 3.8) is 0 Å². The Labute approximate surface area is 169 Å². The van der Waals surface area contributed by atoms with Gasteiger partial charge in [0.15, 0.2) is 0 Å². The van der Waals surface area contributed by atoms with Gasteiger partial charge in [-0.25, -0.2) is 9.36 Å². The highest BCUT2D eigenvalue weighted by atomic mass is 35.5. The van der Waals surface area contributed by atoms with Gasteiger partial charge < -0.3 is 5.11 Å². The summed E-state index contributed by atoms with van der Waals surface area (Å²) in [5.74, 6) is -0.923. The van der Waals surface area contributed by atoms with Gasteiger partial charge in [-0.15, -0.1) is 16.4 Å². The molecule has 3 heterocycles. The number of hydrogen-bond acceptors (Lipinski definition) is 7. The summed E-state index contributed by atoms with van der Waals surface area (Å²) in [7, 11) is 0. The molecule has 1 amide bonds. The number of anilines is 1. The predicted molar refractivity (Wildman–Crippen MR) is 106 cm³/mol. The maximum atomic E-state index is 12.9. The van der Waals surface area contributed by atoms with Gasteiger partial charge >= 0.3 is 6.03 Å². The Morgan fingerprint density at radius 3 is 2.67 bits per heavy atom. The molecule has 1 aromatic carbocycles. The van der Waals surface area contributed by atoms with Crippen LogP contribution in [0.5, 0.6) is 5.88 Å². The lowest BCUT2D eigenvalue weighted by Crippen LogP contribution is -2.18. The number of fused-ring (bicyclic) bond motifs is 1. The highest BCUT2D eigenvalue weighted by molar-refractivity contribution is 7.12. The lowest BCUT2D eigenvalue weighted by Gasteiger charge is -2.06. The van der Waals surface area contributed by atoms with Gasteiger partial charge in [-0.3, -0.25) is 10.1 Å². The normalized spacial score (nSPS) is 11.0. The Balaban J connectivity index is 1.93. The van der Waals surface area contributed by atoms with Crippen molar-refractivity contribution in [3.8, 4) is 5.88 Å². The van der Waals surface area contributed by atoms with E-state index in [-0.39, 0.29) is 21.1 Å². The largest absolute Gasteiger partial charge is 0.494 e. The second-order valence-electron chi connectivity index (χ2n) is 5.34. The van der Waals surface area contributed by atoms with Gasteiger partial charge in [-0.1, -0.05) is 33.8 Å². The topological polar surface area (TPSA) is 97.1 Å². The highest BCUT2D eigenvalue weighted by Crippen LogP contribution is 2.38. The minimum absolute atomic E-state index is 0.0244. The molecule has 2 N–H and O–H groups in total. The van der Waals surface area contributed by atoms with Crippen molar-refractivity contribution in [2.45, 2.75) is 0 Å². The number of hydrogen-bond donors (Lipinski definition) is 2. The standard InChI is InChI=1S/C16H8Cl2N4O3S2/c17-8-4-7-10(5-9(8)18)22(16(25)20-12-6-19-21-27-12)15(24)13(7)14(23)11-2-1-3-26-11/h1-6,24H,(H,20,25). The molecule has 0 saturated carbocycles. The molecule has 0 radical (unpaired) electrons. The van der Waals surface area contributed by atoms with Crippen LogP contribution in [0.15, 0.2) is 35.8 Å². The van der Waals surface area contributed by atoms with E-state index in [0.29, 0.717) is 15.3 Å². The van der Waals surface area contributed by atoms with Crippen LogP contribution in [0.3, 0.4) is 0 Å². The highest BCUT2D eigenvalue weighted by Gasteiger charge is 2.28. The average molecular weight is 439 g/mol. The SMILES string of the molecule is O=C(c1cccs1)c1c(O)n(C(=O)Nc2cnns2)c2cc(Cl)c(Cl)cc12. The summed E-state index contributed by atoms with van der Waals surface area (Å²) in [4.78, 5) is 26.0. The van der Waals surface area contributed by atoms with Gasteiger partial charge in [-0.2, -0.15) is 0 Å². The van der Waals surface area contributed by atoms with Crippen LogP contribution in [0.25, 0.3) is 10.9 Å². The van der Waals surface area contributed by atoms with Crippen molar-refractivity contribution < 1.29 is 14.7 Å². The van der Waals surface area contributed by atoms with Crippen LogP contribution in [-0.2, 0) is 0 Å². The zero-order chi connectivity index (χ0) is 19.1. The lowest BCUT2D eigenvalue weighted by molar-refractivity contribution is 0.104. The molecule has 0 aliphatic rings. The fourth-order valence-corrected chi connectivity index (χ4v) is 4.01. The van der Waals surface area contributed by atoms with Crippen molar-refractivity contribution in [3.05, 3.63) is 56.3 Å². The first-order valence-corrected chi connectivity index (χ1v) is 9.77. The molecule has 27 heavy (non-hydrogen) atoms. The van der Waals surface area contributed by atoms with Crippen molar-refractivity contribution in [2.24, 2.45) is 0 Å². The van der Waals surface area contributed by atoms with Crippen molar-refractivity contribution in [2.75, 3.05) is 5.32 Å². The summed E-state index contributed by atoms with van der Waals surface area (Å²) in [6.45, 7) is 0. The molecule has 4 rings (SSSR count). The molecular weight excluding hydrogens is 431 g/mol. The molecule has 4 aromatic rings. The minimum Gasteiger partial charge on any atom is -0.494 e. The maximum absolute atomic E-state index is 12.9. The van der Waals surface area contributed by atoms with E-state index in [0.717, 1.165) is 16.1 Å². The van der Waals surface area contributed by atoms with Gasteiger partial charge in [0.2, 0.25) is 11.7 Å². The van der Waals surface area contributed by atoms with E-state index in [1.807, 2.05) is 0 Å². The zero-order valence-electron chi connectivity index (χ0n) is 13.1. The molecular formula is C16H8Cl2N4O3S2. The van der Waals surface area contributed by atoms with Crippen molar-refractivity contribution in [1.82, 2.24) is 14.2 Å². The van der Waals surface area contributed by atoms with Crippen LogP contribution in [-0.4, -0.2) is 31.1 Å². The van der Waals surface area contributed by atoms with Crippen LogP contribution in [0.4, 0.5) is 9.80 Å². The van der Waals surface area contributed by atoms with Crippen LogP contribution >= 0.6 is 46.1 Å². The second kappa shape index (κ2) is 6.93. The third-order valence-corrected chi connectivity index (χ3v) is 5.92. The van der Waals surface area contributed by atoms with Crippen LogP contribution in [0.2, 0.25) is 10.0 Å². The molecule has 0 aliphatic heterocycles. The molecule has 0 aliphatic carbocycles. The van der Waals surface area contributed by atoms with Crippen molar-refractivity contribution in [1.29, 1.82) is 0 Å². The Morgan fingerprint density at radius 1 is 1.22 bits per heavy atom. The number of carbonyl (C=O) groups is 2. The molecule has 0 spiro atoms. The Hall–Kier alpha value is -2.46. The number of nitrogens with one attached hydrogen (secondary N) is 1. The summed E-state index contributed by atoms with van der Waals surface area (Å²) in [5.41, 5.74) is 0.223. The molecule has 0 bridgehead atoms. The quantitative estimate of drug-likeness (QED) is 0.444. The first kappa shape index (κ1) is 17.9. The fourth-order valence-electron chi connectivity index (χ4n) is 2.61. The average Bonchev–Trinajstić information content (AvgIpc) is 3.36. The van der Waals surface area contributed by atoms with Crippen LogP contribution < -0.4 is 5.32 Å². The fraction of sp³-hybridized carbons (Fsp3) is 0. The number of thiophene rings is 1. The van der Waals surface area contributed by atoms with E-state index in [9.17, 15) is 14.7 Å². The zero-order valence-corrected chi connectivity index (χ0v) is 16.3. The summed E-state index contributed by atoms with van der Waals surface area (Å²) >= 11 is 14.4. The monoisotopic (exact) mass is 438 g/mol. The van der Waals surface area contributed by atoms with E-state index in [1.165, 1.54) is 29.7 Å². The Bertz CT molecular complexity index is 1170. The minimum atomic E-state index is -0.688. The number of carbonyl (C=O) groups excluding carboxylic acids is 2. The van der Waals surface area contributed by atoms with Crippen LogP contribution in [0, 0.1) is 0 Å². The molecule has 0 unspecified atom stereocenters. The number of benzene rings is 1. The maximum Gasteiger partial charge on any atom is 0.334 e. The summed E-state index contributed by atoms with van der Waals surface area (Å²) in [5, 5.41) is 19.8. The van der Waals surface area contributed by atoms with Crippen molar-refractivity contribution >= 4 is 73.8 Å². The van der Waals surface area contributed by atoms with E-state index >= 15 is 0 Å². The number of ketones is 1. The Kier molecular flexibility index (Phi) is 4.60. The van der Waals surface area contributed by atoms with Gasteiger partial charge in [0, 0.05) is 16.9 Å². The van der Waals surface area contributed by atoms with E-state index in [4.69, 9.17) is 23.2 Å². The molecule has 11 heteroatoms. The third kappa shape index (κ3) is 3.08. The number of rotatable bonds is 3. The van der Waals surface area contributed by atoms with E-state index < -0.39 is 17.7 Å². The smallest absolute Gasteiger partial charge is 0.334 e. The molecule has 136 valence electrons. The third-order valence-electron chi connectivity index (χ3n) is 3.75. The van der Waals surface area contributed by atoms with Gasteiger partial charge in [0.05, 0.1) is 32.2 Å². The van der Waals surface area contributed by atoms with Gasteiger partial charge in [-0.05, 0) is 23.6 Å². The van der Waals surface area contributed by atoms with Gasteiger partial charge in [0.25, 0.3) is 0 Å². The predicted octanol–water partition coefficient (Wildman–Crippen LogP) is 4.88. The molecule has 3 aromatic heterocycles. The Morgan fingerprint density at radius 2 is 2.00 bits per heavy atom. The first-order chi connectivity index (χ1) is 13.0. The molecule has 7 nitrogen and oxygen atoms in total. The number of aromatic hydroxyl groups is 1. The number of aromatic nitrogens is 3. The number of nitrogens with zero attached hydrogens (tertiary/aromatic N) is 3. The van der Waals surface area contributed by atoms with Gasteiger partial charge in [0.1, 0.15) is 5.00 Å². The molecule has 0 fully saturated rings. The summed E-state index contributed by atoms with van der Waals surface area (Å²) < 4.78 is 4.63. The lowest BCUT2D eigenvalue weighted by atomic mass is 10.1. The summed E-state index contributed by atoms with van der Waals surface area (Å²) in [6.07, 6.45) is 1.37. The second-order valence-corrected chi connectivity index (χ2v) is 7.88. The van der Waals surface area contributed by atoms with E-state index in [1.54, 1.807) is 17.5 Å². The number of amides is 1. The number of halogens is 2. The molecule has 0 saturated heterocycles. The van der Waals surface area contributed by atoms with Crippen LogP contribution in [0.1, 0.15) is 15.2 Å². The molecule has 0 atom stereocenters. The van der Waals surface area contributed by atoms with E-state index in [2.05, 4.69) is 14.9 Å².